The van der Waals surface area contributed by atoms with Crippen LogP contribution < -0.4 is 4.74 Å². The topological polar surface area (TPSA) is 154 Å². The van der Waals surface area contributed by atoms with Crippen LogP contribution in [0.15, 0.2) is 30.3 Å². The average Bonchev–Trinajstić information content (AvgIpc) is 2.78. The number of phenolic OH excluding ortho intramolecular Hbond substituents is 1. The van der Waals surface area contributed by atoms with E-state index in [4.69, 9.17) is 9.47 Å². The van der Waals surface area contributed by atoms with Gasteiger partial charge in [0, 0.05) is 16.7 Å². The number of aryl methyl sites for hydroxylation is 1. The van der Waals surface area contributed by atoms with Crippen molar-refractivity contribution in [1.29, 1.82) is 0 Å². The molecule has 1 aliphatic carbocycles. The molecule has 9 nitrogen and oxygen atoms in total. The van der Waals surface area contributed by atoms with E-state index in [-0.39, 0.29) is 28.0 Å². The number of phenols is 1. The summed E-state index contributed by atoms with van der Waals surface area (Å²) in [6.45, 7) is 1.12. The number of aliphatic hydroxyl groups excluding tert-OH is 4. The molecular formula is C22H22O9. The fraction of sp³-hybridized carbons (Fsp3) is 0.364. The molecule has 2 aromatic rings. The molecule has 0 saturated carbocycles. The molecule has 1 saturated heterocycles. The van der Waals surface area contributed by atoms with Gasteiger partial charge in [-0.15, -0.1) is 0 Å². The number of carbonyl (C=O) groups excluding carboxylic acids is 2. The lowest BCUT2D eigenvalue weighted by molar-refractivity contribution is -0.277. The van der Waals surface area contributed by atoms with E-state index in [1.54, 1.807) is 25.1 Å². The predicted molar refractivity (Wildman–Crippen MR) is 105 cm³/mol. The minimum absolute atomic E-state index is 0.0878. The Bertz CT molecular complexity index is 1050. The zero-order valence-corrected chi connectivity index (χ0v) is 16.6. The van der Waals surface area contributed by atoms with Crippen molar-refractivity contribution < 1.29 is 44.6 Å². The Morgan fingerprint density at radius 1 is 0.968 bits per heavy atom. The molecule has 1 aliphatic heterocycles. The number of hydrogen-bond donors (Lipinski definition) is 5. The number of fused-ring (bicyclic) bond motifs is 2. The molecule has 1 fully saturated rings. The van der Waals surface area contributed by atoms with E-state index in [0.717, 1.165) is 0 Å². The van der Waals surface area contributed by atoms with Crippen molar-refractivity contribution in [2.75, 3.05) is 6.61 Å². The Labute approximate surface area is 177 Å². The molecule has 2 aliphatic rings. The lowest BCUT2D eigenvalue weighted by atomic mass is 9.80. The number of aromatic hydroxyl groups is 1. The lowest BCUT2D eigenvalue weighted by Gasteiger charge is -2.39. The highest BCUT2D eigenvalue weighted by Gasteiger charge is 2.45. The number of benzene rings is 2. The van der Waals surface area contributed by atoms with Gasteiger partial charge in [0.05, 0.1) is 12.2 Å². The molecule has 1 heterocycles. The average molecular weight is 430 g/mol. The standard InChI is InChI=1S/C22H22O9/c1-2-9-7-12(30-22-21(29)20(28)19(27)13(8-23)31-22)18(26)15-14(9)16(24)10-5-3-4-6-11(10)17(15)25/h3-7,13,19-23,26-29H,2,8H2,1H3/t13-,19-,20+,21-,22+/m0/s1. The molecule has 0 amide bonds. The normalized spacial score (nSPS) is 27.6. The van der Waals surface area contributed by atoms with Gasteiger partial charge in [-0.2, -0.15) is 0 Å². The van der Waals surface area contributed by atoms with Crippen LogP contribution in [0, 0.1) is 0 Å². The highest BCUT2D eigenvalue weighted by Crippen LogP contribution is 2.42. The molecule has 9 heteroatoms. The first kappa shape index (κ1) is 21.4. The number of hydrogen-bond acceptors (Lipinski definition) is 9. The van der Waals surface area contributed by atoms with E-state index < -0.39 is 54.6 Å². The van der Waals surface area contributed by atoms with Crippen LogP contribution in [0.2, 0.25) is 0 Å². The second-order valence-corrected chi connectivity index (χ2v) is 7.50. The number of aliphatic hydroxyl groups is 4. The van der Waals surface area contributed by atoms with Crippen molar-refractivity contribution in [2.45, 2.75) is 44.1 Å². The molecule has 0 radical (unpaired) electrons. The maximum absolute atomic E-state index is 13.1. The van der Waals surface area contributed by atoms with Crippen LogP contribution in [0.5, 0.6) is 11.5 Å². The molecule has 5 N–H and O–H groups in total. The molecular weight excluding hydrogens is 408 g/mol. The summed E-state index contributed by atoms with van der Waals surface area (Å²) >= 11 is 0. The van der Waals surface area contributed by atoms with Crippen LogP contribution >= 0.6 is 0 Å². The zero-order chi connectivity index (χ0) is 22.4. The van der Waals surface area contributed by atoms with E-state index in [0.29, 0.717) is 12.0 Å². The number of ether oxygens (including phenoxy) is 2. The van der Waals surface area contributed by atoms with Gasteiger partial charge in [0.2, 0.25) is 6.29 Å². The first-order valence-electron chi connectivity index (χ1n) is 9.84. The maximum atomic E-state index is 13.1. The number of rotatable bonds is 4. The van der Waals surface area contributed by atoms with Gasteiger partial charge >= 0.3 is 0 Å². The van der Waals surface area contributed by atoms with Gasteiger partial charge < -0.3 is 35.0 Å². The summed E-state index contributed by atoms with van der Waals surface area (Å²) in [5, 5.41) is 50.3. The van der Waals surface area contributed by atoms with Crippen LogP contribution in [0.1, 0.15) is 44.3 Å². The Hall–Kier alpha value is -2.82. The van der Waals surface area contributed by atoms with E-state index in [9.17, 15) is 35.1 Å². The highest BCUT2D eigenvalue weighted by atomic mass is 16.7. The summed E-state index contributed by atoms with van der Waals surface area (Å²) in [7, 11) is 0. The van der Waals surface area contributed by atoms with E-state index in [1.807, 2.05) is 0 Å². The Kier molecular flexibility index (Phi) is 5.54. The minimum Gasteiger partial charge on any atom is -0.504 e. The zero-order valence-electron chi connectivity index (χ0n) is 16.6. The van der Waals surface area contributed by atoms with Crippen LogP contribution in [-0.2, 0) is 11.2 Å². The van der Waals surface area contributed by atoms with Gasteiger partial charge in [-0.05, 0) is 18.1 Å². The Morgan fingerprint density at radius 3 is 2.16 bits per heavy atom. The van der Waals surface area contributed by atoms with E-state index in [1.165, 1.54) is 12.1 Å². The second-order valence-electron chi connectivity index (χ2n) is 7.50. The fourth-order valence-electron chi connectivity index (χ4n) is 3.99. The number of carbonyl (C=O) groups is 2. The van der Waals surface area contributed by atoms with E-state index in [2.05, 4.69) is 0 Å². The van der Waals surface area contributed by atoms with Gasteiger partial charge in [0.15, 0.2) is 23.1 Å². The molecule has 0 aromatic heterocycles. The molecule has 0 spiro atoms. The monoisotopic (exact) mass is 430 g/mol. The number of ketones is 2. The van der Waals surface area contributed by atoms with Gasteiger partial charge in [0.1, 0.15) is 24.4 Å². The maximum Gasteiger partial charge on any atom is 0.229 e. The SMILES string of the molecule is CCc1cc(O[C@@H]2O[C@@H](CO)[C@H](O)[C@@H](O)[C@@H]2O)c(O)c2c1C(=O)c1ccccc1C2=O. The van der Waals surface area contributed by atoms with Gasteiger partial charge in [-0.3, -0.25) is 9.59 Å². The van der Waals surface area contributed by atoms with Crippen LogP contribution in [0.3, 0.4) is 0 Å². The molecule has 4 rings (SSSR count). The van der Waals surface area contributed by atoms with Crippen LogP contribution in [0.4, 0.5) is 0 Å². The van der Waals surface area contributed by atoms with Crippen molar-refractivity contribution in [3.05, 3.63) is 58.1 Å². The summed E-state index contributed by atoms with van der Waals surface area (Å²) in [5.74, 6) is -1.77. The van der Waals surface area contributed by atoms with Crippen molar-refractivity contribution in [3.8, 4) is 11.5 Å². The summed E-state index contributed by atoms with van der Waals surface area (Å²) < 4.78 is 10.9. The Balaban J connectivity index is 1.78. The van der Waals surface area contributed by atoms with Gasteiger partial charge in [-0.25, -0.2) is 0 Å². The van der Waals surface area contributed by atoms with Crippen molar-refractivity contribution in [1.82, 2.24) is 0 Å². The largest absolute Gasteiger partial charge is 0.504 e. The summed E-state index contributed by atoms with van der Waals surface area (Å²) in [6, 6.07) is 7.68. The second kappa shape index (κ2) is 8.03. The van der Waals surface area contributed by atoms with Crippen LogP contribution in [0.25, 0.3) is 0 Å². The third kappa shape index (κ3) is 3.31. The third-order valence-electron chi connectivity index (χ3n) is 5.69. The molecule has 2 aromatic carbocycles. The fourth-order valence-corrected chi connectivity index (χ4v) is 3.99. The molecule has 5 atom stereocenters. The predicted octanol–water partition coefficient (Wildman–Crippen LogP) is -0.0913. The first-order chi connectivity index (χ1) is 14.8. The van der Waals surface area contributed by atoms with Crippen molar-refractivity contribution in [3.63, 3.8) is 0 Å². The quantitative estimate of drug-likeness (QED) is 0.382. The molecule has 31 heavy (non-hydrogen) atoms. The highest BCUT2D eigenvalue weighted by molar-refractivity contribution is 6.30. The summed E-state index contributed by atoms with van der Waals surface area (Å²) in [4.78, 5) is 26.1. The lowest BCUT2D eigenvalue weighted by Crippen LogP contribution is -2.60. The third-order valence-corrected chi connectivity index (χ3v) is 5.69. The molecule has 0 bridgehead atoms. The van der Waals surface area contributed by atoms with Gasteiger partial charge in [-0.1, -0.05) is 31.2 Å². The first-order valence-corrected chi connectivity index (χ1v) is 9.84. The molecule has 164 valence electrons. The van der Waals surface area contributed by atoms with E-state index >= 15 is 0 Å². The van der Waals surface area contributed by atoms with Crippen LogP contribution in [-0.4, -0.2) is 74.4 Å². The van der Waals surface area contributed by atoms with Crippen molar-refractivity contribution >= 4 is 11.6 Å². The summed E-state index contributed by atoms with van der Waals surface area (Å²) in [5.41, 5.74) is 0.729. The smallest absolute Gasteiger partial charge is 0.229 e. The summed E-state index contributed by atoms with van der Waals surface area (Å²) in [6.07, 6.45) is -7.35. The molecule has 0 unspecified atom stereocenters. The van der Waals surface area contributed by atoms with Gasteiger partial charge in [0.25, 0.3) is 0 Å². The van der Waals surface area contributed by atoms with Crippen molar-refractivity contribution in [2.24, 2.45) is 0 Å². The Morgan fingerprint density at radius 2 is 1.58 bits per heavy atom. The minimum atomic E-state index is -1.70.